The van der Waals surface area contributed by atoms with Gasteiger partial charge in [0, 0.05) is 9.50 Å². The molecule has 0 aliphatic rings. The highest BCUT2D eigenvalue weighted by Crippen LogP contribution is 2.28. The van der Waals surface area contributed by atoms with E-state index in [1.807, 2.05) is 24.3 Å². The average Bonchev–Trinajstić information content (AvgIpc) is 2.38. The van der Waals surface area contributed by atoms with Crippen molar-refractivity contribution in [3.05, 3.63) is 68.9 Å². The van der Waals surface area contributed by atoms with E-state index >= 15 is 0 Å². The zero-order chi connectivity index (χ0) is 14.5. The van der Waals surface area contributed by atoms with Crippen molar-refractivity contribution < 1.29 is 4.39 Å². The molecule has 0 radical (unpaired) electrons. The van der Waals surface area contributed by atoms with E-state index in [1.54, 1.807) is 12.1 Å². The molecule has 0 spiro atoms. The van der Waals surface area contributed by atoms with Crippen LogP contribution in [0.4, 0.5) is 4.39 Å². The van der Waals surface area contributed by atoms with Crippen molar-refractivity contribution in [2.75, 3.05) is 6.54 Å². The maximum Gasteiger partial charge on any atom is 0.123 e. The standard InChI is InChI=1S/C16H16BrClFN/c1-2-6-20-16(11-4-3-5-15(19)9-11)12-7-13(17)10-14(18)8-12/h3-5,7-10,16,20H,2,6H2,1H3. The summed E-state index contributed by atoms with van der Waals surface area (Å²) in [6.07, 6.45) is 1.01. The lowest BCUT2D eigenvalue weighted by molar-refractivity contribution is 0.585. The molecule has 4 heteroatoms. The van der Waals surface area contributed by atoms with E-state index < -0.39 is 0 Å². The maximum atomic E-state index is 13.5. The molecule has 0 aromatic heterocycles. The van der Waals surface area contributed by atoms with Crippen LogP contribution in [-0.4, -0.2) is 6.54 Å². The lowest BCUT2D eigenvalue weighted by atomic mass is 9.98. The van der Waals surface area contributed by atoms with Crippen LogP contribution in [-0.2, 0) is 0 Å². The van der Waals surface area contributed by atoms with Crippen LogP contribution in [0.15, 0.2) is 46.9 Å². The summed E-state index contributed by atoms with van der Waals surface area (Å²) in [5, 5.41) is 4.10. The topological polar surface area (TPSA) is 12.0 Å². The number of halogens is 3. The largest absolute Gasteiger partial charge is 0.306 e. The molecule has 0 heterocycles. The van der Waals surface area contributed by atoms with Crippen LogP contribution in [0, 0.1) is 5.82 Å². The Kier molecular flexibility index (Phi) is 5.58. The van der Waals surface area contributed by atoms with Gasteiger partial charge in [0.2, 0.25) is 0 Å². The molecule has 20 heavy (non-hydrogen) atoms. The molecule has 0 aliphatic heterocycles. The lowest BCUT2D eigenvalue weighted by Crippen LogP contribution is -2.23. The molecule has 1 unspecified atom stereocenters. The number of hydrogen-bond acceptors (Lipinski definition) is 1. The summed E-state index contributed by atoms with van der Waals surface area (Å²) in [6.45, 7) is 2.95. The summed E-state index contributed by atoms with van der Waals surface area (Å²) in [5.41, 5.74) is 1.91. The quantitative estimate of drug-likeness (QED) is 0.763. The first-order valence-corrected chi connectivity index (χ1v) is 7.72. The fraction of sp³-hybridized carbons (Fsp3) is 0.250. The molecule has 0 saturated heterocycles. The molecule has 0 saturated carbocycles. The first-order valence-electron chi connectivity index (χ1n) is 6.55. The SMILES string of the molecule is CCCNC(c1cccc(F)c1)c1cc(Cl)cc(Br)c1. The summed E-state index contributed by atoms with van der Waals surface area (Å²) in [5.74, 6) is -0.230. The third-order valence-electron chi connectivity index (χ3n) is 3.00. The second kappa shape index (κ2) is 7.21. The number of rotatable bonds is 5. The smallest absolute Gasteiger partial charge is 0.123 e. The van der Waals surface area contributed by atoms with E-state index in [2.05, 4.69) is 28.2 Å². The van der Waals surface area contributed by atoms with Gasteiger partial charge in [-0.2, -0.15) is 0 Å². The van der Waals surface area contributed by atoms with Gasteiger partial charge in [0.15, 0.2) is 0 Å². The van der Waals surface area contributed by atoms with Crippen molar-refractivity contribution in [2.45, 2.75) is 19.4 Å². The van der Waals surface area contributed by atoms with Gasteiger partial charge in [0.05, 0.1) is 6.04 Å². The van der Waals surface area contributed by atoms with Crippen LogP contribution in [0.1, 0.15) is 30.5 Å². The molecule has 1 nitrogen and oxygen atoms in total. The van der Waals surface area contributed by atoms with Gasteiger partial charge in [-0.1, -0.05) is 46.6 Å². The highest BCUT2D eigenvalue weighted by atomic mass is 79.9. The van der Waals surface area contributed by atoms with E-state index in [4.69, 9.17) is 11.6 Å². The molecule has 0 amide bonds. The Morgan fingerprint density at radius 3 is 2.65 bits per heavy atom. The highest BCUT2D eigenvalue weighted by molar-refractivity contribution is 9.10. The molecule has 2 aromatic carbocycles. The predicted molar refractivity (Wildman–Crippen MR) is 85.7 cm³/mol. The average molecular weight is 357 g/mol. The summed E-state index contributed by atoms with van der Waals surface area (Å²) in [7, 11) is 0. The minimum atomic E-state index is -0.230. The van der Waals surface area contributed by atoms with E-state index in [9.17, 15) is 4.39 Å². The van der Waals surface area contributed by atoms with Crippen molar-refractivity contribution in [3.8, 4) is 0 Å². The van der Waals surface area contributed by atoms with Crippen LogP contribution in [0.3, 0.4) is 0 Å². The zero-order valence-corrected chi connectivity index (χ0v) is 13.5. The molecular formula is C16H16BrClFN. The Hall–Kier alpha value is -0.900. The summed E-state index contributed by atoms with van der Waals surface area (Å²) in [4.78, 5) is 0. The summed E-state index contributed by atoms with van der Waals surface area (Å²) < 4.78 is 14.4. The second-order valence-corrected chi connectivity index (χ2v) is 6.00. The Morgan fingerprint density at radius 2 is 2.00 bits per heavy atom. The molecule has 0 fully saturated rings. The van der Waals surface area contributed by atoms with Crippen LogP contribution in [0.5, 0.6) is 0 Å². The predicted octanol–water partition coefficient (Wildman–Crippen LogP) is 5.33. The van der Waals surface area contributed by atoms with E-state index in [-0.39, 0.29) is 11.9 Å². The highest BCUT2D eigenvalue weighted by Gasteiger charge is 2.15. The van der Waals surface area contributed by atoms with Gasteiger partial charge in [-0.25, -0.2) is 4.39 Å². The Bertz CT molecular complexity index is 568. The lowest BCUT2D eigenvalue weighted by Gasteiger charge is -2.20. The minimum Gasteiger partial charge on any atom is -0.306 e. The molecule has 1 atom stereocenters. The van der Waals surface area contributed by atoms with E-state index in [0.29, 0.717) is 5.02 Å². The van der Waals surface area contributed by atoms with Gasteiger partial charge < -0.3 is 5.32 Å². The summed E-state index contributed by atoms with van der Waals surface area (Å²) in [6, 6.07) is 12.3. The van der Waals surface area contributed by atoms with Crippen molar-refractivity contribution in [1.29, 1.82) is 0 Å². The fourth-order valence-corrected chi connectivity index (χ4v) is 3.03. The number of hydrogen-bond donors (Lipinski definition) is 1. The fourth-order valence-electron chi connectivity index (χ4n) is 2.14. The van der Waals surface area contributed by atoms with Gasteiger partial charge in [0.25, 0.3) is 0 Å². The van der Waals surface area contributed by atoms with Crippen LogP contribution < -0.4 is 5.32 Å². The maximum absolute atomic E-state index is 13.5. The first kappa shape index (κ1) is 15.5. The zero-order valence-electron chi connectivity index (χ0n) is 11.2. The Labute approximate surface area is 132 Å². The molecule has 106 valence electrons. The van der Waals surface area contributed by atoms with Gasteiger partial charge in [-0.05, 0) is 54.4 Å². The van der Waals surface area contributed by atoms with Gasteiger partial charge in [0.1, 0.15) is 5.82 Å². The molecule has 1 N–H and O–H groups in total. The Balaban J connectivity index is 2.41. The molecular weight excluding hydrogens is 341 g/mol. The van der Waals surface area contributed by atoms with Crippen molar-refractivity contribution in [2.24, 2.45) is 0 Å². The third kappa shape index (κ3) is 4.05. The summed E-state index contributed by atoms with van der Waals surface area (Å²) >= 11 is 9.57. The van der Waals surface area contributed by atoms with Gasteiger partial charge in [-0.3, -0.25) is 0 Å². The monoisotopic (exact) mass is 355 g/mol. The minimum absolute atomic E-state index is 0.0688. The Morgan fingerprint density at radius 1 is 1.20 bits per heavy atom. The van der Waals surface area contributed by atoms with Crippen molar-refractivity contribution in [3.63, 3.8) is 0 Å². The molecule has 0 bridgehead atoms. The van der Waals surface area contributed by atoms with Crippen LogP contribution in [0.25, 0.3) is 0 Å². The van der Waals surface area contributed by atoms with Crippen molar-refractivity contribution >= 4 is 27.5 Å². The van der Waals surface area contributed by atoms with Crippen molar-refractivity contribution in [1.82, 2.24) is 5.32 Å². The molecule has 2 aromatic rings. The van der Waals surface area contributed by atoms with Gasteiger partial charge >= 0.3 is 0 Å². The molecule has 2 rings (SSSR count). The second-order valence-electron chi connectivity index (χ2n) is 4.64. The first-order chi connectivity index (χ1) is 9.60. The van der Waals surface area contributed by atoms with E-state index in [0.717, 1.165) is 28.6 Å². The number of benzene rings is 2. The van der Waals surface area contributed by atoms with Crippen LogP contribution >= 0.6 is 27.5 Å². The molecule has 0 aliphatic carbocycles. The number of nitrogens with one attached hydrogen (secondary N) is 1. The van der Waals surface area contributed by atoms with E-state index in [1.165, 1.54) is 6.07 Å². The van der Waals surface area contributed by atoms with Gasteiger partial charge in [-0.15, -0.1) is 0 Å². The normalized spacial score (nSPS) is 12.4. The third-order valence-corrected chi connectivity index (χ3v) is 3.67. The van der Waals surface area contributed by atoms with Crippen LogP contribution in [0.2, 0.25) is 5.02 Å².